The zero-order valence-electron chi connectivity index (χ0n) is 12.9. The van der Waals surface area contributed by atoms with Crippen molar-refractivity contribution in [3.05, 3.63) is 40.8 Å². The van der Waals surface area contributed by atoms with Crippen LogP contribution in [0.15, 0.2) is 24.4 Å². The van der Waals surface area contributed by atoms with Gasteiger partial charge in [-0.2, -0.15) is 20.5 Å². The largest absolute Gasteiger partial charge is 0.379 e. The van der Waals surface area contributed by atoms with Crippen LogP contribution in [-0.2, 0) is 4.74 Å². The van der Waals surface area contributed by atoms with Crippen molar-refractivity contribution in [2.45, 2.75) is 12.0 Å². The van der Waals surface area contributed by atoms with E-state index in [-0.39, 0.29) is 17.9 Å². The summed E-state index contributed by atoms with van der Waals surface area (Å²) < 4.78 is 5.53. The van der Waals surface area contributed by atoms with E-state index in [1.165, 1.54) is 0 Å². The number of benzene rings is 1. The van der Waals surface area contributed by atoms with E-state index in [9.17, 15) is 4.79 Å². The van der Waals surface area contributed by atoms with E-state index in [1.807, 2.05) is 6.07 Å². The van der Waals surface area contributed by atoms with Crippen molar-refractivity contribution >= 4 is 28.4 Å². The summed E-state index contributed by atoms with van der Waals surface area (Å²) in [5, 5.41) is 18.9. The van der Waals surface area contributed by atoms with E-state index in [2.05, 4.69) is 25.6 Å². The quantitative estimate of drug-likeness (QED) is 0.750. The Kier molecular flexibility index (Phi) is 3.70. The third-order valence-corrected chi connectivity index (χ3v) is 4.63. The molecule has 3 aromatic rings. The molecular formula is C15H15ClN6O2. The van der Waals surface area contributed by atoms with Gasteiger partial charge in [0.05, 0.1) is 29.4 Å². The summed E-state index contributed by atoms with van der Waals surface area (Å²) in [5.41, 5.74) is 1.92. The summed E-state index contributed by atoms with van der Waals surface area (Å²) >= 11 is 6.04. The van der Waals surface area contributed by atoms with Crippen LogP contribution in [0.5, 0.6) is 0 Å². The number of rotatable bonds is 3. The number of hydrogen-bond acceptors (Lipinski definition) is 5. The summed E-state index contributed by atoms with van der Waals surface area (Å²) in [6.07, 6.45) is 1.53. The molecule has 0 bridgehead atoms. The number of ether oxygens (including phenoxy) is 1. The summed E-state index contributed by atoms with van der Waals surface area (Å²) in [4.78, 5) is 14.6. The normalized spacial score (nSPS) is 20.8. The van der Waals surface area contributed by atoms with Crippen LogP contribution in [0.3, 0.4) is 0 Å². The number of halogens is 1. The molecule has 0 unspecified atom stereocenters. The van der Waals surface area contributed by atoms with Crippen LogP contribution >= 0.6 is 11.6 Å². The van der Waals surface area contributed by atoms with Crippen molar-refractivity contribution in [1.29, 1.82) is 0 Å². The van der Waals surface area contributed by atoms with Crippen LogP contribution in [0.4, 0.5) is 0 Å². The predicted octanol–water partition coefficient (Wildman–Crippen LogP) is 1.59. The standard InChI is InChI=1S/C15H15ClN6O2/c1-24-13-7-22(6-10(13)12-5-17-21-19-12)15(23)14-9-4-8(16)2-3-11(9)18-20-14/h2-5,10,13H,6-7H2,1H3,(H,18,20)(H,17,19,21)/t10-,13+/m0/s1. The minimum atomic E-state index is -0.156. The molecule has 124 valence electrons. The number of amides is 1. The zero-order valence-corrected chi connectivity index (χ0v) is 13.6. The molecule has 1 fully saturated rings. The first-order valence-electron chi connectivity index (χ1n) is 7.48. The van der Waals surface area contributed by atoms with E-state index < -0.39 is 0 Å². The lowest BCUT2D eigenvalue weighted by Gasteiger charge is -2.14. The third-order valence-electron chi connectivity index (χ3n) is 4.40. The van der Waals surface area contributed by atoms with E-state index in [0.717, 1.165) is 11.2 Å². The Morgan fingerprint density at radius 3 is 3.00 bits per heavy atom. The van der Waals surface area contributed by atoms with E-state index in [0.29, 0.717) is 29.2 Å². The molecule has 0 aliphatic carbocycles. The number of H-pyrrole nitrogens is 2. The number of fused-ring (bicyclic) bond motifs is 1. The van der Waals surface area contributed by atoms with Crippen LogP contribution in [0.2, 0.25) is 5.02 Å². The molecule has 1 aliphatic heterocycles. The van der Waals surface area contributed by atoms with Crippen molar-refractivity contribution in [2.24, 2.45) is 0 Å². The molecule has 2 aromatic heterocycles. The highest BCUT2D eigenvalue weighted by Gasteiger charge is 2.39. The van der Waals surface area contributed by atoms with Gasteiger partial charge in [-0.3, -0.25) is 9.89 Å². The summed E-state index contributed by atoms with van der Waals surface area (Å²) in [7, 11) is 1.63. The molecule has 1 aliphatic rings. The minimum absolute atomic E-state index is 0.0218. The predicted molar refractivity (Wildman–Crippen MR) is 86.9 cm³/mol. The number of carbonyl (C=O) groups excluding carboxylic acids is 1. The first kappa shape index (κ1) is 15.1. The molecule has 1 saturated heterocycles. The highest BCUT2D eigenvalue weighted by Crippen LogP contribution is 2.30. The first-order valence-corrected chi connectivity index (χ1v) is 7.86. The van der Waals surface area contributed by atoms with Crippen LogP contribution in [0.1, 0.15) is 22.1 Å². The monoisotopic (exact) mass is 346 g/mol. The Morgan fingerprint density at radius 2 is 2.25 bits per heavy atom. The number of aromatic nitrogens is 5. The second-order valence-corrected chi connectivity index (χ2v) is 6.18. The topological polar surface area (TPSA) is 99.8 Å². The lowest BCUT2D eigenvalue weighted by atomic mass is 10.0. The first-order chi connectivity index (χ1) is 11.7. The zero-order chi connectivity index (χ0) is 16.7. The van der Waals surface area contributed by atoms with E-state index >= 15 is 0 Å². The van der Waals surface area contributed by atoms with Gasteiger partial charge < -0.3 is 9.64 Å². The number of hydrogen-bond donors (Lipinski definition) is 2. The minimum Gasteiger partial charge on any atom is -0.379 e. The van der Waals surface area contributed by atoms with Crippen molar-refractivity contribution < 1.29 is 9.53 Å². The van der Waals surface area contributed by atoms with Crippen LogP contribution in [0, 0.1) is 0 Å². The fourth-order valence-electron chi connectivity index (χ4n) is 3.15. The smallest absolute Gasteiger partial charge is 0.275 e. The van der Waals surface area contributed by atoms with Gasteiger partial charge in [-0.1, -0.05) is 11.6 Å². The molecule has 8 nitrogen and oxygen atoms in total. The highest BCUT2D eigenvalue weighted by atomic mass is 35.5. The maximum absolute atomic E-state index is 12.9. The van der Waals surface area contributed by atoms with Gasteiger partial charge in [0.1, 0.15) is 0 Å². The number of nitrogens with zero attached hydrogens (tertiary/aromatic N) is 4. The highest BCUT2D eigenvalue weighted by molar-refractivity contribution is 6.31. The molecule has 3 heterocycles. The SMILES string of the molecule is CO[C@@H]1CN(C(=O)c2n[nH]c3ccc(Cl)cc23)C[C@H]1c1cn[nH]n1. The number of methoxy groups -OCH3 is 1. The second-order valence-electron chi connectivity index (χ2n) is 5.75. The molecule has 0 radical (unpaired) electrons. The maximum atomic E-state index is 12.9. The average molecular weight is 347 g/mol. The Hall–Kier alpha value is -2.45. The summed E-state index contributed by atoms with van der Waals surface area (Å²) in [6.45, 7) is 0.973. The van der Waals surface area contributed by atoms with Gasteiger partial charge in [0.25, 0.3) is 5.91 Å². The van der Waals surface area contributed by atoms with E-state index in [1.54, 1.807) is 30.3 Å². The Labute approximate surface area is 142 Å². The Bertz CT molecular complexity index is 877. The van der Waals surface area contributed by atoms with Gasteiger partial charge in [0.2, 0.25) is 0 Å². The average Bonchev–Trinajstić information content (AvgIpc) is 3.31. The number of aromatic amines is 2. The van der Waals surface area contributed by atoms with Gasteiger partial charge in [-0.05, 0) is 18.2 Å². The van der Waals surface area contributed by atoms with Gasteiger partial charge in [0.15, 0.2) is 5.69 Å². The molecule has 2 atom stereocenters. The number of likely N-dealkylation sites (tertiary alicyclic amines) is 1. The third kappa shape index (κ3) is 2.44. The van der Waals surface area contributed by atoms with Gasteiger partial charge in [-0.15, -0.1) is 0 Å². The van der Waals surface area contributed by atoms with E-state index in [4.69, 9.17) is 16.3 Å². The molecule has 1 amide bonds. The molecule has 1 aromatic carbocycles. The van der Waals surface area contributed by atoms with Gasteiger partial charge in [0, 0.05) is 30.6 Å². The molecule has 2 N–H and O–H groups in total. The molecule has 0 spiro atoms. The fraction of sp³-hybridized carbons (Fsp3) is 0.333. The van der Waals surface area contributed by atoms with Crippen LogP contribution in [0.25, 0.3) is 10.9 Å². The lowest BCUT2D eigenvalue weighted by Crippen LogP contribution is -2.30. The van der Waals surface area contributed by atoms with Gasteiger partial charge >= 0.3 is 0 Å². The van der Waals surface area contributed by atoms with Crippen molar-refractivity contribution in [3.8, 4) is 0 Å². The van der Waals surface area contributed by atoms with Crippen molar-refractivity contribution in [3.63, 3.8) is 0 Å². The molecule has 0 saturated carbocycles. The Morgan fingerprint density at radius 1 is 1.38 bits per heavy atom. The molecule has 9 heteroatoms. The second kappa shape index (κ2) is 5.88. The maximum Gasteiger partial charge on any atom is 0.275 e. The van der Waals surface area contributed by atoms with Crippen molar-refractivity contribution in [1.82, 2.24) is 30.5 Å². The van der Waals surface area contributed by atoms with Gasteiger partial charge in [-0.25, -0.2) is 0 Å². The molecule has 4 rings (SSSR count). The van der Waals surface area contributed by atoms with Crippen molar-refractivity contribution in [2.75, 3.05) is 20.2 Å². The van der Waals surface area contributed by atoms with Crippen LogP contribution in [-0.4, -0.2) is 62.7 Å². The fourth-order valence-corrected chi connectivity index (χ4v) is 3.32. The molecular weight excluding hydrogens is 332 g/mol. The summed E-state index contributed by atoms with van der Waals surface area (Å²) in [6, 6.07) is 5.31. The molecule has 24 heavy (non-hydrogen) atoms. The summed E-state index contributed by atoms with van der Waals surface area (Å²) in [5.74, 6) is -0.178. The number of nitrogens with one attached hydrogen (secondary N) is 2. The lowest BCUT2D eigenvalue weighted by molar-refractivity contribution is 0.0711. The van der Waals surface area contributed by atoms with Crippen LogP contribution < -0.4 is 0 Å². The Balaban J connectivity index is 1.63. The number of carbonyl (C=O) groups is 1.